The van der Waals surface area contributed by atoms with E-state index in [4.69, 9.17) is 10.5 Å². The van der Waals surface area contributed by atoms with Gasteiger partial charge in [-0.25, -0.2) is 8.42 Å². The van der Waals surface area contributed by atoms with Crippen LogP contribution in [0.4, 0.5) is 11.4 Å². The van der Waals surface area contributed by atoms with Gasteiger partial charge in [0.1, 0.15) is 0 Å². The lowest BCUT2D eigenvalue weighted by Crippen LogP contribution is -2.13. The van der Waals surface area contributed by atoms with Crippen molar-refractivity contribution in [3.05, 3.63) is 17.7 Å². The molecule has 1 aliphatic carbocycles. The molecular formula is C14H24N2O3S. The number of anilines is 2. The first-order valence-electron chi connectivity index (χ1n) is 6.71. The van der Waals surface area contributed by atoms with Gasteiger partial charge in [0.2, 0.25) is 10.0 Å². The highest BCUT2D eigenvalue weighted by Gasteiger charge is 2.39. The van der Waals surface area contributed by atoms with Gasteiger partial charge in [-0.2, -0.15) is 0 Å². The predicted octanol–water partition coefficient (Wildman–Crippen LogP) is 2.73. The molecule has 1 aromatic rings. The smallest absolute Gasteiger partial charge is 0.229 e. The van der Waals surface area contributed by atoms with E-state index in [0.29, 0.717) is 17.1 Å². The zero-order valence-electron chi connectivity index (χ0n) is 12.8. The van der Waals surface area contributed by atoms with Gasteiger partial charge >= 0.3 is 0 Å². The summed E-state index contributed by atoms with van der Waals surface area (Å²) in [6, 6.07) is 3.67. The van der Waals surface area contributed by atoms with Crippen molar-refractivity contribution >= 4 is 21.4 Å². The van der Waals surface area contributed by atoms with E-state index in [-0.39, 0.29) is 5.41 Å². The lowest BCUT2D eigenvalue weighted by Gasteiger charge is -2.17. The SMILES string of the molecule is CC.COc1c(N)cc(C2(C)CC2)cc1NS(C)(=O)=O. The summed E-state index contributed by atoms with van der Waals surface area (Å²) in [4.78, 5) is 0. The molecule has 3 N–H and O–H groups in total. The molecule has 114 valence electrons. The van der Waals surface area contributed by atoms with Crippen LogP contribution in [0.3, 0.4) is 0 Å². The first kappa shape index (κ1) is 16.6. The molecule has 6 heteroatoms. The summed E-state index contributed by atoms with van der Waals surface area (Å²) in [5.41, 5.74) is 7.94. The Balaban J connectivity index is 0.000000956. The molecule has 0 aliphatic heterocycles. The summed E-state index contributed by atoms with van der Waals surface area (Å²) in [7, 11) is -1.88. The Morgan fingerprint density at radius 1 is 1.30 bits per heavy atom. The van der Waals surface area contributed by atoms with Crippen molar-refractivity contribution < 1.29 is 13.2 Å². The van der Waals surface area contributed by atoms with Crippen LogP contribution in [-0.2, 0) is 15.4 Å². The summed E-state index contributed by atoms with van der Waals surface area (Å²) < 4.78 is 30.3. The van der Waals surface area contributed by atoms with E-state index in [1.807, 2.05) is 26.0 Å². The van der Waals surface area contributed by atoms with E-state index in [9.17, 15) is 8.42 Å². The number of ether oxygens (including phenoxy) is 1. The molecule has 1 aromatic carbocycles. The van der Waals surface area contributed by atoms with Crippen LogP contribution >= 0.6 is 0 Å². The van der Waals surface area contributed by atoms with Gasteiger partial charge in [-0.1, -0.05) is 20.8 Å². The summed E-state index contributed by atoms with van der Waals surface area (Å²) in [5.74, 6) is 0.369. The Morgan fingerprint density at radius 2 is 1.85 bits per heavy atom. The third kappa shape index (κ3) is 3.79. The molecule has 5 nitrogen and oxygen atoms in total. The maximum absolute atomic E-state index is 11.3. The minimum Gasteiger partial charge on any atom is -0.492 e. The molecule has 1 aliphatic rings. The van der Waals surface area contributed by atoms with Gasteiger partial charge in [0.25, 0.3) is 0 Å². The average Bonchev–Trinajstić information content (AvgIpc) is 3.09. The highest BCUT2D eigenvalue weighted by Crippen LogP contribution is 2.50. The minimum atomic E-state index is -3.35. The third-order valence-corrected chi connectivity index (χ3v) is 3.90. The molecule has 0 heterocycles. The van der Waals surface area contributed by atoms with E-state index >= 15 is 0 Å². The molecule has 0 aromatic heterocycles. The standard InChI is InChI=1S/C12H18N2O3S.C2H6/c1-12(4-5-12)8-6-9(13)11(17-2)10(7-8)14-18(3,15)16;1-2/h6-7,14H,4-5,13H2,1-3H3;1-2H3. The van der Waals surface area contributed by atoms with E-state index in [0.717, 1.165) is 24.7 Å². The fraction of sp³-hybridized carbons (Fsp3) is 0.571. The second-order valence-electron chi connectivity index (χ2n) is 5.08. The average molecular weight is 300 g/mol. The highest BCUT2D eigenvalue weighted by molar-refractivity contribution is 7.92. The Morgan fingerprint density at radius 3 is 2.25 bits per heavy atom. The van der Waals surface area contributed by atoms with Crippen molar-refractivity contribution in [1.82, 2.24) is 0 Å². The first-order valence-corrected chi connectivity index (χ1v) is 8.60. The number of nitrogens with one attached hydrogen (secondary N) is 1. The Kier molecular flexibility index (Phi) is 4.91. The van der Waals surface area contributed by atoms with Crippen LogP contribution in [0.5, 0.6) is 5.75 Å². The monoisotopic (exact) mass is 300 g/mol. The number of nitrogens with two attached hydrogens (primary N) is 1. The quantitative estimate of drug-likeness (QED) is 0.838. The number of hydrogen-bond donors (Lipinski definition) is 2. The van der Waals surface area contributed by atoms with Crippen molar-refractivity contribution in [3.8, 4) is 5.75 Å². The predicted molar refractivity (Wildman–Crippen MR) is 83.8 cm³/mol. The van der Waals surface area contributed by atoms with Crippen molar-refractivity contribution in [2.45, 2.75) is 39.0 Å². The number of sulfonamides is 1. The van der Waals surface area contributed by atoms with E-state index in [2.05, 4.69) is 11.6 Å². The molecule has 0 saturated heterocycles. The Labute approximate surface area is 121 Å². The van der Waals surface area contributed by atoms with Crippen LogP contribution in [0.25, 0.3) is 0 Å². The van der Waals surface area contributed by atoms with Crippen molar-refractivity contribution in [3.63, 3.8) is 0 Å². The fourth-order valence-electron chi connectivity index (χ4n) is 1.98. The van der Waals surface area contributed by atoms with E-state index < -0.39 is 10.0 Å². The number of benzene rings is 1. The van der Waals surface area contributed by atoms with Crippen LogP contribution < -0.4 is 15.2 Å². The van der Waals surface area contributed by atoms with Crippen molar-refractivity contribution in [2.75, 3.05) is 23.8 Å². The number of nitrogen functional groups attached to an aromatic ring is 1. The lowest BCUT2D eigenvalue weighted by atomic mass is 9.97. The zero-order valence-corrected chi connectivity index (χ0v) is 13.6. The summed E-state index contributed by atoms with van der Waals surface area (Å²) in [6.45, 7) is 6.14. The molecule has 0 amide bonds. The largest absolute Gasteiger partial charge is 0.492 e. The fourth-order valence-corrected chi connectivity index (χ4v) is 2.53. The van der Waals surface area contributed by atoms with Gasteiger partial charge in [-0.3, -0.25) is 4.72 Å². The van der Waals surface area contributed by atoms with Gasteiger partial charge in [0.05, 0.1) is 24.7 Å². The topological polar surface area (TPSA) is 81.4 Å². The van der Waals surface area contributed by atoms with E-state index in [1.165, 1.54) is 7.11 Å². The van der Waals surface area contributed by atoms with Crippen molar-refractivity contribution in [2.24, 2.45) is 0 Å². The molecule has 0 spiro atoms. The van der Waals surface area contributed by atoms with Crippen LogP contribution in [0.2, 0.25) is 0 Å². The summed E-state index contributed by atoms with van der Waals surface area (Å²) in [5, 5.41) is 0. The zero-order chi connectivity index (χ0) is 15.6. The molecular weight excluding hydrogens is 276 g/mol. The Hall–Kier alpha value is -1.43. The molecule has 0 radical (unpaired) electrons. The Bertz CT molecular complexity index is 578. The second-order valence-corrected chi connectivity index (χ2v) is 6.83. The van der Waals surface area contributed by atoms with Crippen LogP contribution in [0, 0.1) is 0 Å². The number of methoxy groups -OCH3 is 1. The molecule has 20 heavy (non-hydrogen) atoms. The van der Waals surface area contributed by atoms with Gasteiger partial charge in [-0.15, -0.1) is 0 Å². The number of hydrogen-bond acceptors (Lipinski definition) is 4. The minimum absolute atomic E-state index is 0.119. The molecule has 2 rings (SSSR count). The molecule has 0 unspecified atom stereocenters. The summed E-state index contributed by atoms with van der Waals surface area (Å²) >= 11 is 0. The molecule has 0 bridgehead atoms. The van der Waals surface area contributed by atoms with Crippen molar-refractivity contribution in [1.29, 1.82) is 0 Å². The van der Waals surface area contributed by atoms with Crippen LogP contribution in [-0.4, -0.2) is 21.8 Å². The maximum atomic E-state index is 11.3. The van der Waals surface area contributed by atoms with Gasteiger partial charge < -0.3 is 10.5 Å². The molecule has 0 atom stereocenters. The number of rotatable bonds is 4. The normalized spacial score (nSPS) is 15.8. The second kappa shape index (κ2) is 5.91. The highest BCUT2D eigenvalue weighted by atomic mass is 32.2. The molecule has 1 fully saturated rings. The van der Waals surface area contributed by atoms with E-state index in [1.54, 1.807) is 0 Å². The van der Waals surface area contributed by atoms with Gasteiger partial charge in [0.15, 0.2) is 5.75 Å². The van der Waals surface area contributed by atoms with Crippen LogP contribution in [0.1, 0.15) is 39.2 Å². The lowest BCUT2D eigenvalue weighted by molar-refractivity contribution is 0.419. The third-order valence-electron chi connectivity index (χ3n) is 3.31. The maximum Gasteiger partial charge on any atom is 0.229 e. The van der Waals surface area contributed by atoms with Gasteiger partial charge in [0, 0.05) is 0 Å². The molecule has 1 saturated carbocycles. The first-order chi connectivity index (χ1) is 9.25. The van der Waals surface area contributed by atoms with Crippen LogP contribution in [0.15, 0.2) is 12.1 Å². The van der Waals surface area contributed by atoms with Gasteiger partial charge in [-0.05, 0) is 36.0 Å². The summed E-state index contributed by atoms with van der Waals surface area (Å²) in [6.07, 6.45) is 3.29.